The number of carbonyl (C=O) groups excluding carboxylic acids is 2. The third-order valence-corrected chi connectivity index (χ3v) is 14.7. The number of ether oxygens (including phenoxy) is 4. The minimum absolute atomic E-state index is 0.0655. The van der Waals surface area contributed by atoms with Crippen LogP contribution >= 0.6 is 22.6 Å². The van der Waals surface area contributed by atoms with Gasteiger partial charge in [0.25, 0.3) is 0 Å². The Bertz CT molecular complexity index is 2010. The molecule has 1 saturated heterocycles. The molecule has 1 aromatic carbocycles. The molecule has 58 heavy (non-hydrogen) atoms. The predicted molar refractivity (Wildman–Crippen MR) is 206 cm³/mol. The van der Waals surface area contributed by atoms with Crippen molar-refractivity contribution in [2.75, 3.05) is 6.61 Å². The second-order valence-electron chi connectivity index (χ2n) is 16.9. The molecule has 5 fully saturated rings. The molecule has 324 valence electrons. The Kier molecular flexibility index (Phi) is 13.0. The number of fused-ring (bicyclic) bond motifs is 3. The number of rotatable bonds is 13. The lowest BCUT2D eigenvalue weighted by molar-refractivity contribution is -0.315. The SMILES string of the molecule is C=C1[C@@H]2CC[C@H]3[C@]4(C)C[C@H](O[C@@H]5O[C@H](COC(=O)c6ccc(O)c(I)c6)[C@@H](OS(=O)(=O)O)[C@H](OS(=O)(=O)O)[C@H]5OC(=O)CC(C)C)C[C@@H](C(=O)O)[C@H]4CC[C@]3(C2)[C@@H]1O. The summed E-state index contributed by atoms with van der Waals surface area (Å²) < 4.78 is 102. The normalized spacial score (nSPS) is 37.4. The first kappa shape index (κ1) is 45.1. The molecule has 21 heteroatoms. The molecule has 13 atom stereocenters. The van der Waals surface area contributed by atoms with Crippen LogP contribution in [-0.4, -0.2) is 109 Å². The van der Waals surface area contributed by atoms with Crippen molar-refractivity contribution in [3.8, 4) is 5.75 Å². The van der Waals surface area contributed by atoms with Gasteiger partial charge in [-0.25, -0.2) is 13.2 Å². The first-order valence-electron chi connectivity index (χ1n) is 19.0. The van der Waals surface area contributed by atoms with Crippen LogP contribution in [0.1, 0.15) is 82.5 Å². The summed E-state index contributed by atoms with van der Waals surface area (Å²) in [5.74, 6) is -4.75. The number of aliphatic hydroxyl groups is 1. The van der Waals surface area contributed by atoms with E-state index >= 15 is 0 Å². The number of carbonyl (C=O) groups is 3. The van der Waals surface area contributed by atoms with Crippen LogP contribution in [0, 0.1) is 44.0 Å². The Hall–Kier alpha value is -2.48. The number of carboxylic acids is 1. The van der Waals surface area contributed by atoms with E-state index in [-0.39, 0.29) is 57.8 Å². The molecule has 0 aromatic heterocycles. The summed E-state index contributed by atoms with van der Waals surface area (Å²) in [6.07, 6.45) is -8.99. The van der Waals surface area contributed by atoms with E-state index in [9.17, 15) is 55.6 Å². The molecule has 1 spiro atoms. The maximum Gasteiger partial charge on any atom is 0.397 e. The van der Waals surface area contributed by atoms with Crippen molar-refractivity contribution in [2.24, 2.45) is 40.4 Å². The highest BCUT2D eigenvalue weighted by molar-refractivity contribution is 14.1. The summed E-state index contributed by atoms with van der Waals surface area (Å²) in [7, 11) is -11.0. The summed E-state index contributed by atoms with van der Waals surface area (Å²) in [5, 5.41) is 32.1. The number of halogens is 1. The molecule has 0 radical (unpaired) electrons. The summed E-state index contributed by atoms with van der Waals surface area (Å²) >= 11 is 1.76. The van der Waals surface area contributed by atoms with Gasteiger partial charge in [0.1, 0.15) is 24.6 Å². The fraction of sp³-hybridized carbons (Fsp3) is 0.703. The van der Waals surface area contributed by atoms with E-state index in [1.165, 1.54) is 18.2 Å². The Morgan fingerprint density at radius 3 is 2.31 bits per heavy atom. The van der Waals surface area contributed by atoms with Gasteiger partial charge in [0.05, 0.1) is 27.3 Å². The molecule has 5 aliphatic rings. The smallest absolute Gasteiger partial charge is 0.397 e. The first-order valence-corrected chi connectivity index (χ1v) is 22.8. The zero-order valence-electron chi connectivity index (χ0n) is 32.0. The molecule has 5 N–H and O–H groups in total. The largest absolute Gasteiger partial charge is 0.507 e. The topological polar surface area (TPSA) is 276 Å². The zero-order chi connectivity index (χ0) is 42.7. The minimum Gasteiger partial charge on any atom is -0.507 e. The van der Waals surface area contributed by atoms with E-state index in [0.717, 1.165) is 18.4 Å². The summed E-state index contributed by atoms with van der Waals surface area (Å²) in [6.45, 7) is 8.60. The summed E-state index contributed by atoms with van der Waals surface area (Å²) in [5.41, 5.74) is -0.532. The quantitative estimate of drug-likeness (QED) is 0.0617. The maximum atomic E-state index is 13.2. The van der Waals surface area contributed by atoms with Crippen molar-refractivity contribution in [3.63, 3.8) is 0 Å². The number of esters is 2. The van der Waals surface area contributed by atoms with Crippen LogP contribution in [0.4, 0.5) is 0 Å². The lowest BCUT2D eigenvalue weighted by atomic mass is 9.43. The number of aliphatic carboxylic acids is 1. The van der Waals surface area contributed by atoms with Gasteiger partial charge in [0, 0.05) is 11.8 Å². The fourth-order valence-electron chi connectivity index (χ4n) is 10.7. The first-order chi connectivity index (χ1) is 26.9. The van der Waals surface area contributed by atoms with Gasteiger partial charge < -0.3 is 34.3 Å². The Labute approximate surface area is 350 Å². The molecular weight excluding hydrogens is 923 g/mol. The van der Waals surface area contributed by atoms with Gasteiger partial charge in [0.2, 0.25) is 0 Å². The number of benzene rings is 1. The summed E-state index contributed by atoms with van der Waals surface area (Å²) in [6, 6.07) is 3.73. The third kappa shape index (κ3) is 9.22. The molecule has 0 unspecified atom stereocenters. The number of aromatic hydroxyl groups is 1. The van der Waals surface area contributed by atoms with E-state index in [1.807, 2.05) is 6.92 Å². The predicted octanol–water partition coefficient (Wildman–Crippen LogP) is 3.84. The van der Waals surface area contributed by atoms with E-state index in [0.29, 0.717) is 19.3 Å². The lowest BCUT2D eigenvalue weighted by Crippen LogP contribution is -2.64. The molecular formula is C37H49IO18S2. The molecule has 4 saturated carbocycles. The van der Waals surface area contributed by atoms with E-state index in [1.54, 1.807) is 36.4 Å². The molecule has 1 heterocycles. The number of phenolic OH excluding ortho intramolecular Hbond substituents is 1. The van der Waals surface area contributed by atoms with Crippen LogP contribution in [0.15, 0.2) is 30.4 Å². The Morgan fingerprint density at radius 1 is 1.02 bits per heavy atom. The standard InChI is InChI=1S/C37H49IO18S2/c1-17(2)11-28(40)54-31-30(56-58(48,49)50)29(55-57(45,46)47)26(16-51-34(44)19-5-7-25(39)24(38)12-19)53-35(31)52-21-13-22(33(42)43)23-9-10-37-14-20(18(3)32(37)41)6-8-27(37)36(23,4)15-21/h5,7,12,17,20-23,26-27,29-32,35,39,41H,3,6,8-11,13-16H2,1-2,4H3,(H,42,43)(H,45,46,47)(H,48,49,50)/t20-,21-,22-,23-,26-,27+,29-,30+,31-,32-,35-,36-,37-/m1/s1. The Morgan fingerprint density at radius 2 is 1.69 bits per heavy atom. The Balaban J connectivity index is 1.38. The van der Waals surface area contributed by atoms with Gasteiger partial charge in [-0.05, 0) is 120 Å². The van der Waals surface area contributed by atoms with Gasteiger partial charge in [-0.3, -0.25) is 18.7 Å². The molecule has 1 aromatic rings. The second kappa shape index (κ2) is 16.8. The number of carboxylic acid groups (broad SMARTS) is 1. The van der Waals surface area contributed by atoms with Crippen molar-refractivity contribution in [1.82, 2.24) is 0 Å². The van der Waals surface area contributed by atoms with Crippen LogP contribution in [-0.2, 0) is 57.7 Å². The van der Waals surface area contributed by atoms with E-state index < -0.39 is 105 Å². The van der Waals surface area contributed by atoms with Gasteiger partial charge >= 0.3 is 38.7 Å². The average Bonchev–Trinajstić information content (AvgIpc) is 3.27. The fourth-order valence-corrected chi connectivity index (χ4v) is 12.2. The minimum atomic E-state index is -5.54. The van der Waals surface area contributed by atoms with Gasteiger partial charge in [0.15, 0.2) is 18.5 Å². The van der Waals surface area contributed by atoms with Crippen LogP contribution in [0.2, 0.25) is 0 Å². The molecule has 4 aliphatic carbocycles. The highest BCUT2D eigenvalue weighted by atomic mass is 127. The van der Waals surface area contributed by atoms with Gasteiger partial charge in [-0.1, -0.05) is 27.4 Å². The molecule has 2 bridgehead atoms. The molecule has 18 nitrogen and oxygen atoms in total. The van der Waals surface area contributed by atoms with Crippen molar-refractivity contribution in [2.45, 2.75) is 115 Å². The van der Waals surface area contributed by atoms with Crippen molar-refractivity contribution in [3.05, 3.63) is 39.5 Å². The third-order valence-electron chi connectivity index (χ3n) is 12.9. The molecule has 6 rings (SSSR count). The lowest BCUT2D eigenvalue weighted by Gasteiger charge is -2.62. The van der Waals surface area contributed by atoms with Crippen molar-refractivity contribution in [1.29, 1.82) is 0 Å². The van der Waals surface area contributed by atoms with Gasteiger partial charge in [-0.2, -0.15) is 16.8 Å². The number of hydrogen-bond donors (Lipinski definition) is 5. The van der Waals surface area contributed by atoms with Crippen molar-refractivity contribution >= 4 is 61.3 Å². The number of phenols is 1. The monoisotopic (exact) mass is 972 g/mol. The van der Waals surface area contributed by atoms with E-state index in [2.05, 4.69) is 6.58 Å². The maximum absolute atomic E-state index is 13.2. The zero-order valence-corrected chi connectivity index (χ0v) is 35.8. The van der Waals surface area contributed by atoms with Gasteiger partial charge in [-0.15, -0.1) is 0 Å². The summed E-state index contributed by atoms with van der Waals surface area (Å²) in [4.78, 5) is 39.3. The molecule has 1 aliphatic heterocycles. The average molecular weight is 973 g/mol. The highest BCUT2D eigenvalue weighted by Gasteiger charge is 2.67. The highest BCUT2D eigenvalue weighted by Crippen LogP contribution is 2.70. The van der Waals surface area contributed by atoms with Crippen LogP contribution in [0.3, 0.4) is 0 Å². The van der Waals surface area contributed by atoms with E-state index in [4.69, 9.17) is 27.3 Å². The molecule has 0 amide bonds. The number of hydrogen-bond acceptors (Lipinski definition) is 15. The van der Waals surface area contributed by atoms with Crippen molar-refractivity contribution < 1.29 is 83.0 Å². The van der Waals surface area contributed by atoms with Crippen LogP contribution in [0.25, 0.3) is 0 Å². The second-order valence-corrected chi connectivity index (χ2v) is 20.1. The number of aliphatic hydroxyl groups excluding tert-OH is 1. The van der Waals surface area contributed by atoms with Crippen LogP contribution < -0.4 is 0 Å². The van der Waals surface area contributed by atoms with Crippen LogP contribution in [0.5, 0.6) is 5.75 Å².